The first-order valence-electron chi connectivity index (χ1n) is 6.84. The summed E-state index contributed by atoms with van der Waals surface area (Å²) in [6.45, 7) is 2.25. The third kappa shape index (κ3) is 3.46. The molecule has 1 aliphatic rings. The van der Waals surface area contributed by atoms with Gasteiger partial charge in [-0.05, 0) is 18.4 Å². The number of hydrogen-bond donors (Lipinski definition) is 1. The molecule has 6 heteroatoms. The summed E-state index contributed by atoms with van der Waals surface area (Å²) in [7, 11) is 3.42. The van der Waals surface area contributed by atoms with Crippen LogP contribution >= 0.6 is 0 Å². The Kier molecular flexibility index (Phi) is 4.92. The van der Waals surface area contributed by atoms with Crippen molar-refractivity contribution >= 4 is 11.4 Å². The molecule has 0 spiro atoms. The van der Waals surface area contributed by atoms with E-state index in [9.17, 15) is 10.1 Å². The van der Waals surface area contributed by atoms with Crippen molar-refractivity contribution in [2.45, 2.75) is 25.4 Å². The Balaban J connectivity index is 2.18. The molecule has 1 aliphatic carbocycles. The molecule has 1 saturated carbocycles. The van der Waals surface area contributed by atoms with Crippen molar-refractivity contribution < 1.29 is 9.66 Å². The summed E-state index contributed by atoms with van der Waals surface area (Å²) >= 11 is 0. The zero-order chi connectivity index (χ0) is 14.5. The number of nitrogens with one attached hydrogen (secondary N) is 1. The Morgan fingerprint density at radius 2 is 2.25 bits per heavy atom. The highest BCUT2D eigenvalue weighted by Crippen LogP contribution is 2.32. The van der Waals surface area contributed by atoms with Crippen molar-refractivity contribution in [2.24, 2.45) is 0 Å². The molecule has 1 aromatic carbocycles. The van der Waals surface area contributed by atoms with Crippen LogP contribution in [0.1, 0.15) is 18.4 Å². The molecule has 0 aliphatic heterocycles. The molecule has 0 aromatic heterocycles. The van der Waals surface area contributed by atoms with Gasteiger partial charge in [-0.1, -0.05) is 12.1 Å². The number of nitrogens with zero attached hydrogens (tertiary/aromatic N) is 2. The zero-order valence-electron chi connectivity index (χ0n) is 12.0. The predicted molar refractivity (Wildman–Crippen MR) is 78.0 cm³/mol. The molecule has 2 rings (SSSR count). The molecule has 0 saturated heterocycles. The van der Waals surface area contributed by atoms with Crippen LogP contribution in [0.3, 0.4) is 0 Å². The fourth-order valence-electron chi connectivity index (χ4n) is 2.42. The Bertz CT molecular complexity index is 475. The van der Waals surface area contributed by atoms with Crippen LogP contribution in [0, 0.1) is 10.1 Å². The molecule has 1 fully saturated rings. The van der Waals surface area contributed by atoms with Gasteiger partial charge in [0.05, 0.1) is 11.5 Å². The van der Waals surface area contributed by atoms with E-state index >= 15 is 0 Å². The number of methoxy groups -OCH3 is 1. The minimum absolute atomic E-state index is 0.132. The van der Waals surface area contributed by atoms with Crippen LogP contribution in [0.15, 0.2) is 18.2 Å². The minimum atomic E-state index is -0.341. The fourth-order valence-corrected chi connectivity index (χ4v) is 2.42. The van der Waals surface area contributed by atoms with Gasteiger partial charge in [0.25, 0.3) is 5.69 Å². The van der Waals surface area contributed by atoms with Crippen molar-refractivity contribution in [1.29, 1.82) is 0 Å². The lowest BCUT2D eigenvalue weighted by atomic mass is 10.1. The molecule has 0 atom stereocenters. The van der Waals surface area contributed by atoms with Gasteiger partial charge >= 0.3 is 0 Å². The van der Waals surface area contributed by atoms with Gasteiger partial charge in [0, 0.05) is 39.4 Å². The molecule has 0 heterocycles. The first kappa shape index (κ1) is 14.7. The van der Waals surface area contributed by atoms with E-state index in [1.165, 1.54) is 18.9 Å². The summed E-state index contributed by atoms with van der Waals surface area (Å²) in [5, 5.41) is 14.0. The van der Waals surface area contributed by atoms with E-state index in [-0.39, 0.29) is 10.6 Å². The molecule has 110 valence electrons. The number of nitro groups is 1. The topological polar surface area (TPSA) is 67.6 Å². The van der Waals surface area contributed by atoms with Crippen LogP contribution < -0.4 is 5.32 Å². The number of anilines is 1. The van der Waals surface area contributed by atoms with Gasteiger partial charge in [-0.3, -0.25) is 15.0 Å². The van der Waals surface area contributed by atoms with Gasteiger partial charge in [0.1, 0.15) is 5.69 Å². The van der Waals surface area contributed by atoms with E-state index in [1.807, 2.05) is 6.07 Å². The maximum absolute atomic E-state index is 11.1. The maximum atomic E-state index is 11.1. The third-order valence-corrected chi connectivity index (χ3v) is 3.59. The number of rotatable bonds is 8. The quantitative estimate of drug-likeness (QED) is 0.584. The Hall–Kier alpha value is -1.66. The molecule has 1 N–H and O–H groups in total. The van der Waals surface area contributed by atoms with Crippen LogP contribution in [0.4, 0.5) is 11.4 Å². The number of ether oxygens (including phenoxy) is 1. The van der Waals surface area contributed by atoms with E-state index in [1.54, 1.807) is 20.2 Å². The van der Waals surface area contributed by atoms with Crippen LogP contribution in [-0.4, -0.2) is 43.2 Å². The Morgan fingerprint density at radius 3 is 2.80 bits per heavy atom. The normalized spacial score (nSPS) is 14.6. The van der Waals surface area contributed by atoms with Gasteiger partial charge in [0.15, 0.2) is 0 Å². The lowest BCUT2D eigenvalue weighted by Crippen LogP contribution is -2.29. The van der Waals surface area contributed by atoms with Crippen molar-refractivity contribution in [3.05, 3.63) is 33.9 Å². The molecule has 20 heavy (non-hydrogen) atoms. The first-order valence-corrected chi connectivity index (χ1v) is 6.84. The van der Waals surface area contributed by atoms with Crippen LogP contribution in [0.2, 0.25) is 0 Å². The van der Waals surface area contributed by atoms with Crippen LogP contribution in [-0.2, 0) is 11.3 Å². The van der Waals surface area contributed by atoms with Crippen molar-refractivity contribution in [3.63, 3.8) is 0 Å². The Morgan fingerprint density at radius 1 is 1.50 bits per heavy atom. The molecule has 0 radical (unpaired) electrons. The van der Waals surface area contributed by atoms with Gasteiger partial charge in [-0.25, -0.2) is 0 Å². The lowest BCUT2D eigenvalue weighted by Gasteiger charge is -2.22. The summed E-state index contributed by atoms with van der Waals surface area (Å²) in [6, 6.07) is 5.82. The van der Waals surface area contributed by atoms with Crippen LogP contribution in [0.25, 0.3) is 0 Å². The van der Waals surface area contributed by atoms with Crippen LogP contribution in [0.5, 0.6) is 0 Å². The fraction of sp³-hybridized carbons (Fsp3) is 0.571. The third-order valence-electron chi connectivity index (χ3n) is 3.59. The van der Waals surface area contributed by atoms with Gasteiger partial charge in [-0.2, -0.15) is 0 Å². The summed E-state index contributed by atoms with van der Waals surface area (Å²) in [5.41, 5.74) is 1.71. The van der Waals surface area contributed by atoms with Gasteiger partial charge in [-0.15, -0.1) is 0 Å². The summed E-state index contributed by atoms with van der Waals surface area (Å²) in [4.78, 5) is 13.1. The summed E-state index contributed by atoms with van der Waals surface area (Å²) < 4.78 is 5.14. The first-order chi connectivity index (χ1) is 9.67. The highest BCUT2D eigenvalue weighted by atomic mass is 16.6. The second-order valence-corrected chi connectivity index (χ2v) is 5.01. The smallest absolute Gasteiger partial charge is 0.292 e. The summed E-state index contributed by atoms with van der Waals surface area (Å²) in [6.07, 6.45) is 2.40. The lowest BCUT2D eigenvalue weighted by molar-refractivity contribution is -0.384. The average Bonchev–Trinajstić information content (AvgIpc) is 3.27. The number of benzene rings is 1. The molecule has 0 bridgehead atoms. The Labute approximate surface area is 118 Å². The molecule has 0 unspecified atom stereocenters. The number of nitro benzene ring substituents is 1. The molecular formula is C14H21N3O3. The summed E-state index contributed by atoms with van der Waals surface area (Å²) in [5.74, 6) is 0. The number of hydrogen-bond acceptors (Lipinski definition) is 5. The molecular weight excluding hydrogens is 258 g/mol. The SMILES string of the molecule is CNc1c(CN(CCOC)C2CC2)cccc1[N+](=O)[O-]. The second kappa shape index (κ2) is 6.67. The van der Waals surface area contributed by atoms with E-state index in [2.05, 4.69) is 10.2 Å². The highest BCUT2D eigenvalue weighted by Gasteiger charge is 2.29. The average molecular weight is 279 g/mol. The van der Waals surface area contributed by atoms with Crippen molar-refractivity contribution in [3.8, 4) is 0 Å². The predicted octanol–water partition coefficient (Wildman–Crippen LogP) is 2.25. The number of para-hydroxylation sites is 1. The monoisotopic (exact) mass is 279 g/mol. The molecule has 0 amide bonds. The highest BCUT2D eigenvalue weighted by molar-refractivity contribution is 5.66. The van der Waals surface area contributed by atoms with Gasteiger partial charge in [0.2, 0.25) is 0 Å². The van der Waals surface area contributed by atoms with E-state index in [4.69, 9.17) is 4.74 Å². The molecule has 6 nitrogen and oxygen atoms in total. The van der Waals surface area contributed by atoms with E-state index < -0.39 is 0 Å². The van der Waals surface area contributed by atoms with Gasteiger partial charge < -0.3 is 10.1 Å². The zero-order valence-corrected chi connectivity index (χ0v) is 12.0. The van der Waals surface area contributed by atoms with Crippen molar-refractivity contribution in [2.75, 3.05) is 32.6 Å². The van der Waals surface area contributed by atoms with Crippen molar-refractivity contribution in [1.82, 2.24) is 4.90 Å². The maximum Gasteiger partial charge on any atom is 0.292 e. The second-order valence-electron chi connectivity index (χ2n) is 5.01. The standard InChI is InChI=1S/C14H21N3O3/c1-15-14-11(4-3-5-13(14)17(18)19)10-16(8-9-20-2)12-6-7-12/h3-5,12,15H,6-10H2,1-2H3. The molecule has 1 aromatic rings. The van der Waals surface area contributed by atoms with E-state index in [0.717, 1.165) is 12.1 Å². The largest absolute Gasteiger partial charge is 0.383 e. The minimum Gasteiger partial charge on any atom is -0.383 e. The van der Waals surface area contributed by atoms with E-state index in [0.29, 0.717) is 24.9 Å².